The number of halogens is 5. The molecule has 1 fully saturated rings. The summed E-state index contributed by atoms with van der Waals surface area (Å²) in [6.07, 6.45) is -0.753. The molecule has 1 saturated carbocycles. The summed E-state index contributed by atoms with van der Waals surface area (Å²) in [6.45, 7) is 8.53. The number of hydrogen-bond donors (Lipinski definition) is 4. The van der Waals surface area contributed by atoms with E-state index in [1.54, 1.807) is 19.1 Å². The quantitative estimate of drug-likeness (QED) is 0.156. The maximum absolute atomic E-state index is 13.9. The number of aromatic nitrogens is 2. The lowest BCUT2D eigenvalue weighted by atomic mass is 9.90. The van der Waals surface area contributed by atoms with Crippen molar-refractivity contribution < 1.29 is 17.6 Å². The molecule has 0 spiro atoms. The average Bonchev–Trinajstić information content (AvgIpc) is 3.62. The fourth-order valence-electron chi connectivity index (χ4n) is 4.89. The number of nitriles is 1. The lowest BCUT2D eigenvalue weighted by Crippen LogP contribution is -2.52. The number of nitrogens with one attached hydrogen (secondary N) is 4. The van der Waals surface area contributed by atoms with Crippen LogP contribution in [0.15, 0.2) is 42.4 Å². The smallest absolute Gasteiger partial charge is 0.383 e. The Morgan fingerprint density at radius 3 is 2.60 bits per heavy atom. The van der Waals surface area contributed by atoms with Gasteiger partial charge >= 0.3 is 6.18 Å². The van der Waals surface area contributed by atoms with Crippen LogP contribution in [0.25, 0.3) is 10.9 Å². The van der Waals surface area contributed by atoms with Crippen molar-refractivity contribution in [1.29, 1.82) is 5.26 Å². The SMILES string of the molecule is CCC(C)(C)CNc1c(C#N)cnc2c(Cl)cc(N[C@H](C3=CN(C4(C(F)(F)F)CC4)NN3)c3ccc(F)nc3C)cc12. The van der Waals surface area contributed by atoms with Gasteiger partial charge < -0.3 is 16.1 Å². The zero-order chi connectivity index (χ0) is 30.4. The molecule has 8 nitrogen and oxygen atoms in total. The van der Waals surface area contributed by atoms with E-state index < -0.39 is 23.7 Å². The van der Waals surface area contributed by atoms with Crippen LogP contribution in [0.3, 0.4) is 0 Å². The number of benzene rings is 1. The fraction of sp³-hybridized carbons (Fsp3) is 0.414. The Morgan fingerprint density at radius 2 is 1.98 bits per heavy atom. The van der Waals surface area contributed by atoms with Crippen LogP contribution < -0.4 is 21.6 Å². The predicted octanol–water partition coefficient (Wildman–Crippen LogP) is 6.86. The Labute approximate surface area is 246 Å². The summed E-state index contributed by atoms with van der Waals surface area (Å²) in [6, 6.07) is 7.59. The highest BCUT2D eigenvalue weighted by atomic mass is 35.5. The van der Waals surface area contributed by atoms with Gasteiger partial charge in [0.25, 0.3) is 0 Å². The van der Waals surface area contributed by atoms with Gasteiger partial charge in [-0.2, -0.15) is 22.8 Å². The maximum Gasteiger partial charge on any atom is 0.413 e. The van der Waals surface area contributed by atoms with E-state index in [9.17, 15) is 22.8 Å². The minimum absolute atomic E-state index is 0.0384. The number of pyridine rings is 2. The third-order valence-corrected chi connectivity index (χ3v) is 8.36. The van der Waals surface area contributed by atoms with E-state index in [2.05, 4.69) is 58.4 Å². The summed E-state index contributed by atoms with van der Waals surface area (Å²) < 4.78 is 55.5. The first-order chi connectivity index (χ1) is 19.8. The van der Waals surface area contributed by atoms with Crippen molar-refractivity contribution in [1.82, 2.24) is 25.9 Å². The van der Waals surface area contributed by atoms with Gasteiger partial charge in [-0.15, -0.1) is 5.53 Å². The van der Waals surface area contributed by atoms with Gasteiger partial charge in [-0.1, -0.05) is 38.4 Å². The first kappa shape index (κ1) is 29.7. The molecule has 5 rings (SSSR count). The zero-order valence-corrected chi connectivity index (χ0v) is 24.3. The minimum atomic E-state index is -4.43. The van der Waals surface area contributed by atoms with Crippen molar-refractivity contribution >= 4 is 33.9 Å². The van der Waals surface area contributed by atoms with Crippen molar-refractivity contribution in [3.05, 3.63) is 70.2 Å². The largest absolute Gasteiger partial charge is 0.413 e. The third-order valence-electron chi connectivity index (χ3n) is 8.07. The summed E-state index contributed by atoms with van der Waals surface area (Å²) >= 11 is 6.68. The van der Waals surface area contributed by atoms with Crippen LogP contribution in [0.2, 0.25) is 5.02 Å². The minimum Gasteiger partial charge on any atom is -0.383 e. The van der Waals surface area contributed by atoms with Gasteiger partial charge in [-0.3, -0.25) is 9.99 Å². The second kappa shape index (κ2) is 10.8. The molecule has 1 atom stereocenters. The van der Waals surface area contributed by atoms with Gasteiger partial charge in [0.05, 0.1) is 33.5 Å². The highest BCUT2D eigenvalue weighted by molar-refractivity contribution is 6.35. The van der Waals surface area contributed by atoms with Gasteiger partial charge in [0.1, 0.15) is 6.07 Å². The van der Waals surface area contributed by atoms with Gasteiger partial charge in [-0.25, -0.2) is 4.98 Å². The van der Waals surface area contributed by atoms with Gasteiger partial charge in [-0.05, 0) is 49.8 Å². The van der Waals surface area contributed by atoms with Crippen LogP contribution in [-0.2, 0) is 0 Å². The van der Waals surface area contributed by atoms with E-state index in [4.69, 9.17) is 11.6 Å². The van der Waals surface area contributed by atoms with Crippen LogP contribution >= 0.6 is 11.6 Å². The van der Waals surface area contributed by atoms with Crippen molar-refractivity contribution in [2.24, 2.45) is 5.41 Å². The molecule has 4 N–H and O–H groups in total. The average molecular weight is 603 g/mol. The van der Waals surface area contributed by atoms with Crippen LogP contribution in [0.4, 0.5) is 28.9 Å². The van der Waals surface area contributed by atoms with Gasteiger partial charge in [0.15, 0.2) is 5.54 Å². The number of hydrazine groups is 2. The highest BCUT2D eigenvalue weighted by Gasteiger charge is 2.67. The predicted molar refractivity (Wildman–Crippen MR) is 154 cm³/mol. The molecule has 0 bridgehead atoms. The summed E-state index contributed by atoms with van der Waals surface area (Å²) in [5.74, 6) is -0.674. The topological polar surface area (TPSA) is 101 Å². The molecule has 1 aliphatic heterocycles. The molecule has 13 heteroatoms. The number of anilines is 2. The Bertz CT molecular complexity index is 1590. The molecule has 0 unspecified atom stereocenters. The number of fused-ring (bicyclic) bond motifs is 1. The van der Waals surface area contributed by atoms with E-state index in [0.717, 1.165) is 11.4 Å². The normalized spacial score (nSPS) is 17.0. The molecule has 3 heterocycles. The molecule has 2 aliphatic rings. The van der Waals surface area contributed by atoms with Crippen LogP contribution in [0.5, 0.6) is 0 Å². The standard InChI is InChI=1S/C29H31ClF4N8/c1-5-27(3,4)15-37-24-17(12-35)13-36-25-20(24)10-18(11-21(25)30)39-26(19-6-7-23(31)38-16(19)2)22-14-42(41-40-22)28(8-9-28)29(32,33)34/h6-7,10-11,13-14,26,39-41H,5,8-9,15H2,1-4H3,(H,36,37)/t26-/m0/s1. The van der Waals surface area contributed by atoms with E-state index in [1.165, 1.54) is 24.5 Å². The second-order valence-electron chi connectivity index (χ2n) is 11.5. The molecule has 0 amide bonds. The van der Waals surface area contributed by atoms with Crippen molar-refractivity contribution in [2.45, 2.75) is 64.7 Å². The first-order valence-corrected chi connectivity index (χ1v) is 13.9. The van der Waals surface area contributed by atoms with Crippen LogP contribution in [0.1, 0.15) is 62.9 Å². The lowest BCUT2D eigenvalue weighted by molar-refractivity contribution is -0.195. The van der Waals surface area contributed by atoms with Gasteiger partial charge in [0, 0.05) is 41.3 Å². The number of aryl methyl sites for hydroxylation is 1. The lowest BCUT2D eigenvalue weighted by Gasteiger charge is -2.28. The Balaban J connectivity index is 1.58. The Kier molecular flexibility index (Phi) is 7.62. The molecule has 1 aliphatic carbocycles. The molecular weight excluding hydrogens is 572 g/mol. The number of rotatable bonds is 9. The van der Waals surface area contributed by atoms with Crippen molar-refractivity contribution in [3.63, 3.8) is 0 Å². The van der Waals surface area contributed by atoms with Crippen molar-refractivity contribution in [3.8, 4) is 6.07 Å². The second-order valence-corrected chi connectivity index (χ2v) is 11.9. The van der Waals surface area contributed by atoms with E-state index in [1.807, 2.05) is 0 Å². The molecule has 1 aromatic carbocycles. The molecule has 0 saturated heterocycles. The molecule has 222 valence electrons. The number of alkyl halides is 3. The maximum atomic E-state index is 13.9. The summed E-state index contributed by atoms with van der Waals surface area (Å²) in [7, 11) is 0. The van der Waals surface area contributed by atoms with E-state index in [-0.39, 0.29) is 18.3 Å². The summed E-state index contributed by atoms with van der Waals surface area (Å²) in [5.41, 5.74) is 6.64. The monoisotopic (exact) mass is 602 g/mol. The molecule has 2 aromatic heterocycles. The number of hydrogen-bond acceptors (Lipinski definition) is 8. The van der Waals surface area contributed by atoms with Crippen molar-refractivity contribution in [2.75, 3.05) is 17.2 Å². The zero-order valence-electron chi connectivity index (χ0n) is 23.5. The Hall–Kier alpha value is -3.82. The molecule has 0 radical (unpaired) electrons. The van der Waals surface area contributed by atoms with E-state index in [0.29, 0.717) is 56.4 Å². The third kappa shape index (κ3) is 5.51. The first-order valence-electron chi connectivity index (χ1n) is 13.5. The molecule has 42 heavy (non-hydrogen) atoms. The van der Waals surface area contributed by atoms with Crippen LogP contribution in [0, 0.1) is 29.6 Å². The summed E-state index contributed by atoms with van der Waals surface area (Å²) in [4.78, 5) is 8.33. The number of nitrogens with zero attached hydrogens (tertiary/aromatic N) is 4. The molecular formula is C29H31ClF4N8. The fourth-order valence-corrected chi connectivity index (χ4v) is 5.16. The van der Waals surface area contributed by atoms with Gasteiger partial charge in [0.2, 0.25) is 5.95 Å². The molecule has 3 aromatic rings. The van der Waals surface area contributed by atoms with E-state index >= 15 is 0 Å². The Morgan fingerprint density at radius 1 is 1.24 bits per heavy atom. The highest BCUT2D eigenvalue weighted by Crippen LogP contribution is 2.53. The van der Waals surface area contributed by atoms with Crippen LogP contribution in [-0.4, -0.2) is 33.2 Å². The summed E-state index contributed by atoms with van der Waals surface area (Å²) in [5, 5.41) is 18.5.